The maximum Gasteiger partial charge on any atom is 0.174 e. The van der Waals surface area contributed by atoms with Crippen molar-refractivity contribution in [3.63, 3.8) is 0 Å². The van der Waals surface area contributed by atoms with Crippen LogP contribution in [-0.2, 0) is 0 Å². The van der Waals surface area contributed by atoms with E-state index < -0.39 is 0 Å². The number of fused-ring (bicyclic) bond motifs is 2. The first kappa shape index (κ1) is 5.77. The van der Waals surface area contributed by atoms with Gasteiger partial charge in [0.1, 0.15) is 0 Å². The molecule has 0 unspecified atom stereocenters. The van der Waals surface area contributed by atoms with Crippen molar-refractivity contribution in [1.29, 1.82) is 0 Å². The number of nitrogens with one attached hydrogen (secondary N) is 2. The molecule has 0 aliphatic rings. The van der Waals surface area contributed by atoms with Gasteiger partial charge in [-0.1, -0.05) is 0 Å². The second-order valence-corrected chi connectivity index (χ2v) is 2.58. The lowest BCUT2D eigenvalue weighted by Crippen LogP contribution is -1.71. The molecule has 0 saturated carbocycles. The van der Waals surface area contributed by atoms with Crippen LogP contribution in [-0.4, -0.2) is 19.9 Å². The summed E-state index contributed by atoms with van der Waals surface area (Å²) in [6.45, 7) is 0. The zero-order chi connectivity index (χ0) is 7.97. The Morgan fingerprint density at radius 2 is 1.50 bits per heavy atom. The van der Waals surface area contributed by atoms with Gasteiger partial charge in [-0.2, -0.15) is 0 Å². The molecule has 0 bridgehead atoms. The van der Waals surface area contributed by atoms with E-state index in [0.29, 0.717) is 0 Å². The lowest BCUT2D eigenvalue weighted by molar-refractivity contribution is 1.31. The molecule has 1 aromatic carbocycles. The van der Waals surface area contributed by atoms with Crippen LogP contribution in [0.25, 0.3) is 22.1 Å². The van der Waals surface area contributed by atoms with Gasteiger partial charge in [0.2, 0.25) is 0 Å². The minimum absolute atomic E-state index is 0.878. The Morgan fingerprint density at radius 1 is 0.917 bits per heavy atom. The summed E-state index contributed by atoms with van der Waals surface area (Å²) < 4.78 is 0. The molecule has 2 radical (unpaired) electrons. The van der Waals surface area contributed by atoms with Gasteiger partial charge in [-0.15, -0.1) is 0 Å². The highest BCUT2D eigenvalue weighted by molar-refractivity contribution is 5.90. The number of H-pyrrole nitrogens is 2. The SMILES string of the molecule is [c]1nc2cc3n[c][nH]c3cc2[nH]1. The molecule has 12 heavy (non-hydrogen) atoms. The predicted octanol–water partition coefficient (Wildman–Crippen LogP) is 1.04. The van der Waals surface area contributed by atoms with Crippen molar-refractivity contribution in [3.8, 4) is 0 Å². The molecule has 4 heteroatoms. The zero-order valence-corrected chi connectivity index (χ0v) is 6.05. The van der Waals surface area contributed by atoms with Crippen molar-refractivity contribution in [2.45, 2.75) is 0 Å². The standard InChI is InChI=1S/C8H4N4/c1-5-7(11-3-9-5)2-8-6(1)10-4-12-8/h1-2H,(H,9,11)(H,10,12). The summed E-state index contributed by atoms with van der Waals surface area (Å²) in [5, 5.41) is 0. The first-order chi connectivity index (χ1) is 5.93. The lowest BCUT2D eigenvalue weighted by atomic mass is 10.3. The van der Waals surface area contributed by atoms with Gasteiger partial charge in [-0.25, -0.2) is 9.97 Å². The second-order valence-electron chi connectivity index (χ2n) is 2.58. The van der Waals surface area contributed by atoms with Gasteiger partial charge < -0.3 is 9.97 Å². The van der Waals surface area contributed by atoms with Crippen LogP contribution >= 0.6 is 0 Å². The number of aromatic nitrogens is 4. The molecule has 2 heterocycles. The van der Waals surface area contributed by atoms with E-state index in [1.807, 2.05) is 12.1 Å². The van der Waals surface area contributed by atoms with E-state index >= 15 is 0 Å². The largest absolute Gasteiger partial charge is 0.335 e. The Bertz CT molecular complexity index is 443. The third-order valence-corrected chi connectivity index (χ3v) is 1.85. The van der Waals surface area contributed by atoms with E-state index in [9.17, 15) is 0 Å². The summed E-state index contributed by atoms with van der Waals surface area (Å²) in [5.74, 6) is 0. The summed E-state index contributed by atoms with van der Waals surface area (Å²) in [6.07, 6.45) is 5.35. The van der Waals surface area contributed by atoms with E-state index in [-0.39, 0.29) is 0 Å². The van der Waals surface area contributed by atoms with Crippen LogP contribution in [0.2, 0.25) is 0 Å². The fourth-order valence-corrected chi connectivity index (χ4v) is 1.26. The molecule has 0 fully saturated rings. The monoisotopic (exact) mass is 156 g/mol. The van der Waals surface area contributed by atoms with Gasteiger partial charge in [0.05, 0.1) is 22.1 Å². The van der Waals surface area contributed by atoms with Crippen molar-refractivity contribution in [2.75, 3.05) is 0 Å². The molecule has 3 aromatic rings. The highest BCUT2D eigenvalue weighted by Crippen LogP contribution is 2.15. The van der Waals surface area contributed by atoms with Crippen molar-refractivity contribution in [3.05, 3.63) is 24.8 Å². The summed E-state index contributed by atoms with van der Waals surface area (Å²) in [6, 6.07) is 3.84. The topological polar surface area (TPSA) is 57.4 Å². The maximum absolute atomic E-state index is 4.00. The van der Waals surface area contributed by atoms with Crippen LogP contribution in [0.5, 0.6) is 0 Å². The molecule has 0 aliphatic carbocycles. The number of benzene rings is 1. The maximum atomic E-state index is 4.00. The van der Waals surface area contributed by atoms with Crippen LogP contribution in [0, 0.1) is 12.7 Å². The van der Waals surface area contributed by atoms with E-state index in [1.54, 1.807) is 0 Å². The minimum Gasteiger partial charge on any atom is -0.335 e. The quantitative estimate of drug-likeness (QED) is 0.511. The van der Waals surface area contributed by atoms with Gasteiger partial charge >= 0.3 is 0 Å². The van der Waals surface area contributed by atoms with E-state index in [4.69, 9.17) is 0 Å². The Hall–Kier alpha value is -1.84. The van der Waals surface area contributed by atoms with E-state index in [2.05, 4.69) is 32.6 Å². The van der Waals surface area contributed by atoms with Gasteiger partial charge in [0.15, 0.2) is 12.7 Å². The molecule has 2 N–H and O–H groups in total. The molecule has 0 spiro atoms. The minimum atomic E-state index is 0.878. The third-order valence-electron chi connectivity index (χ3n) is 1.85. The summed E-state index contributed by atoms with van der Waals surface area (Å²) in [7, 11) is 0. The number of aromatic amines is 2. The molecular formula is C8H4N4. The average Bonchev–Trinajstić information content (AvgIpc) is 2.64. The van der Waals surface area contributed by atoms with Crippen molar-refractivity contribution < 1.29 is 0 Å². The second kappa shape index (κ2) is 1.85. The summed E-state index contributed by atoms with van der Waals surface area (Å²) >= 11 is 0. The first-order valence-corrected chi connectivity index (χ1v) is 3.55. The summed E-state index contributed by atoms with van der Waals surface area (Å²) in [4.78, 5) is 13.8. The molecule has 0 atom stereocenters. The van der Waals surface area contributed by atoms with Gasteiger partial charge in [-0.3, -0.25) is 0 Å². The Kier molecular flexibility index (Phi) is 0.889. The van der Waals surface area contributed by atoms with Gasteiger partial charge in [0, 0.05) is 0 Å². The molecule has 0 aliphatic heterocycles. The normalized spacial score (nSPS) is 11.3. The first-order valence-electron chi connectivity index (χ1n) is 3.55. The molecule has 56 valence electrons. The number of hydrogen-bond acceptors (Lipinski definition) is 2. The molecular weight excluding hydrogens is 152 g/mol. The molecule has 4 nitrogen and oxygen atoms in total. The predicted molar refractivity (Wildman–Crippen MR) is 43.4 cm³/mol. The van der Waals surface area contributed by atoms with Crippen molar-refractivity contribution in [2.24, 2.45) is 0 Å². The lowest BCUT2D eigenvalue weighted by Gasteiger charge is -1.87. The van der Waals surface area contributed by atoms with Crippen LogP contribution in [0.1, 0.15) is 0 Å². The molecule has 3 rings (SSSR count). The number of imidazole rings is 2. The number of rotatable bonds is 0. The molecule has 0 amide bonds. The Morgan fingerprint density at radius 3 is 2.08 bits per heavy atom. The Labute approximate surface area is 67.7 Å². The highest BCUT2D eigenvalue weighted by atomic mass is 14.9. The number of hydrogen-bond donors (Lipinski definition) is 2. The number of nitrogens with zero attached hydrogens (tertiary/aromatic N) is 2. The van der Waals surface area contributed by atoms with Crippen LogP contribution in [0.15, 0.2) is 12.1 Å². The van der Waals surface area contributed by atoms with Crippen LogP contribution in [0.4, 0.5) is 0 Å². The zero-order valence-electron chi connectivity index (χ0n) is 6.05. The third kappa shape index (κ3) is 0.611. The average molecular weight is 156 g/mol. The van der Waals surface area contributed by atoms with Crippen LogP contribution in [0.3, 0.4) is 0 Å². The van der Waals surface area contributed by atoms with Crippen molar-refractivity contribution in [1.82, 2.24) is 19.9 Å². The Balaban J connectivity index is 2.62. The van der Waals surface area contributed by atoms with Crippen LogP contribution < -0.4 is 0 Å². The fourth-order valence-electron chi connectivity index (χ4n) is 1.26. The van der Waals surface area contributed by atoms with Crippen molar-refractivity contribution >= 4 is 22.1 Å². The van der Waals surface area contributed by atoms with E-state index in [1.165, 1.54) is 0 Å². The molecule has 0 saturated heterocycles. The fraction of sp³-hybridized carbons (Fsp3) is 0. The smallest absolute Gasteiger partial charge is 0.174 e. The van der Waals surface area contributed by atoms with Gasteiger partial charge in [0.25, 0.3) is 0 Å². The van der Waals surface area contributed by atoms with Gasteiger partial charge in [-0.05, 0) is 12.1 Å². The molecule has 2 aromatic heterocycles. The van der Waals surface area contributed by atoms with E-state index in [0.717, 1.165) is 22.1 Å². The highest BCUT2D eigenvalue weighted by Gasteiger charge is 2.00. The summed E-state index contributed by atoms with van der Waals surface area (Å²) in [5.41, 5.74) is 3.67.